The fourth-order valence-electron chi connectivity index (χ4n) is 1.55. The van der Waals surface area contributed by atoms with Gasteiger partial charge in [-0.1, -0.05) is 6.92 Å². The minimum Gasteiger partial charge on any atom is -0.330 e. The molecule has 0 aliphatic rings. The molecule has 0 amide bonds. The van der Waals surface area contributed by atoms with Crippen molar-refractivity contribution in [3.8, 4) is 0 Å². The molecule has 0 aliphatic carbocycles. The summed E-state index contributed by atoms with van der Waals surface area (Å²) >= 11 is 0. The number of rotatable bonds is 3. The van der Waals surface area contributed by atoms with E-state index in [9.17, 15) is 0 Å². The third-order valence-electron chi connectivity index (χ3n) is 2.23. The summed E-state index contributed by atoms with van der Waals surface area (Å²) in [5.74, 6) is 1.12. The van der Waals surface area contributed by atoms with Crippen LogP contribution in [0.1, 0.15) is 18.3 Å². The maximum Gasteiger partial charge on any atom is 0.108 e. The molecule has 0 unspecified atom stereocenters. The highest BCUT2D eigenvalue weighted by molar-refractivity contribution is 5.06. The molecule has 74 valence electrons. The van der Waals surface area contributed by atoms with Crippen molar-refractivity contribution in [2.75, 3.05) is 0 Å². The number of imidazole rings is 1. The Labute approximate surface area is 83.2 Å². The molecule has 0 aliphatic heterocycles. The molecule has 0 atom stereocenters. The summed E-state index contributed by atoms with van der Waals surface area (Å²) in [7, 11) is 1.93. The first-order valence-corrected chi connectivity index (χ1v) is 4.77. The van der Waals surface area contributed by atoms with E-state index in [-0.39, 0.29) is 0 Å². The van der Waals surface area contributed by atoms with Gasteiger partial charge in [-0.2, -0.15) is 5.10 Å². The van der Waals surface area contributed by atoms with Gasteiger partial charge in [-0.25, -0.2) is 4.98 Å². The molecular weight excluding hydrogens is 176 g/mol. The van der Waals surface area contributed by atoms with E-state index in [1.807, 2.05) is 36.5 Å². The van der Waals surface area contributed by atoms with Gasteiger partial charge in [-0.15, -0.1) is 0 Å². The van der Waals surface area contributed by atoms with Gasteiger partial charge in [0, 0.05) is 37.6 Å². The summed E-state index contributed by atoms with van der Waals surface area (Å²) in [4.78, 5) is 4.27. The van der Waals surface area contributed by atoms with Gasteiger partial charge in [0.05, 0.1) is 12.7 Å². The Kier molecular flexibility index (Phi) is 2.35. The fraction of sp³-hybridized carbons (Fsp3) is 0.400. The van der Waals surface area contributed by atoms with Crippen molar-refractivity contribution in [3.63, 3.8) is 0 Å². The van der Waals surface area contributed by atoms with Crippen molar-refractivity contribution in [2.45, 2.75) is 19.9 Å². The van der Waals surface area contributed by atoms with E-state index in [2.05, 4.69) is 21.6 Å². The number of nitrogens with zero attached hydrogens (tertiary/aromatic N) is 4. The van der Waals surface area contributed by atoms with Crippen molar-refractivity contribution in [2.24, 2.45) is 7.05 Å². The lowest BCUT2D eigenvalue weighted by molar-refractivity contribution is 0.728. The van der Waals surface area contributed by atoms with Crippen LogP contribution in [0.15, 0.2) is 24.8 Å². The van der Waals surface area contributed by atoms with Gasteiger partial charge in [0.2, 0.25) is 0 Å². The van der Waals surface area contributed by atoms with Gasteiger partial charge in [0.1, 0.15) is 5.82 Å². The third-order valence-corrected chi connectivity index (χ3v) is 2.23. The molecule has 14 heavy (non-hydrogen) atoms. The summed E-state index contributed by atoms with van der Waals surface area (Å²) in [5, 5.41) is 4.14. The quantitative estimate of drug-likeness (QED) is 0.729. The summed E-state index contributed by atoms with van der Waals surface area (Å²) in [6.07, 6.45) is 8.73. The molecule has 0 bridgehead atoms. The molecule has 0 fully saturated rings. The molecular formula is C10H14N4. The van der Waals surface area contributed by atoms with Gasteiger partial charge in [0.25, 0.3) is 0 Å². The average Bonchev–Trinajstić information content (AvgIpc) is 2.76. The molecule has 0 N–H and O–H groups in total. The summed E-state index contributed by atoms with van der Waals surface area (Å²) in [6, 6.07) is 0. The van der Waals surface area contributed by atoms with Crippen LogP contribution in [0.5, 0.6) is 0 Å². The van der Waals surface area contributed by atoms with Crippen LogP contribution >= 0.6 is 0 Å². The lowest BCUT2D eigenvalue weighted by Gasteiger charge is -2.03. The Bertz CT molecular complexity index is 413. The second-order valence-electron chi connectivity index (χ2n) is 3.35. The summed E-state index contributed by atoms with van der Waals surface area (Å²) in [6.45, 7) is 2.97. The van der Waals surface area contributed by atoms with Gasteiger partial charge in [-0.05, 0) is 0 Å². The Hall–Kier alpha value is -1.58. The van der Waals surface area contributed by atoms with Gasteiger partial charge < -0.3 is 4.57 Å². The molecule has 2 heterocycles. The SMILES string of the molecule is CCc1nccn1Cc1cnn(C)c1. The maximum absolute atomic E-state index is 4.27. The van der Waals surface area contributed by atoms with E-state index < -0.39 is 0 Å². The van der Waals surface area contributed by atoms with Crippen molar-refractivity contribution < 1.29 is 0 Å². The third kappa shape index (κ3) is 1.69. The maximum atomic E-state index is 4.27. The minimum absolute atomic E-state index is 0.858. The minimum atomic E-state index is 0.858. The summed E-state index contributed by atoms with van der Waals surface area (Å²) in [5.41, 5.74) is 1.21. The lowest BCUT2D eigenvalue weighted by atomic mass is 10.3. The molecule has 0 saturated heterocycles. The Balaban J connectivity index is 2.18. The van der Waals surface area contributed by atoms with E-state index in [1.165, 1.54) is 5.56 Å². The monoisotopic (exact) mass is 190 g/mol. The van der Waals surface area contributed by atoms with Gasteiger partial charge in [0.15, 0.2) is 0 Å². The highest BCUT2D eigenvalue weighted by Gasteiger charge is 2.02. The fourth-order valence-corrected chi connectivity index (χ4v) is 1.55. The number of hydrogen-bond acceptors (Lipinski definition) is 2. The van der Waals surface area contributed by atoms with Crippen LogP contribution in [0.4, 0.5) is 0 Å². The first kappa shape index (κ1) is 8.99. The van der Waals surface area contributed by atoms with Crippen molar-refractivity contribution >= 4 is 0 Å². The molecule has 2 aromatic heterocycles. The molecule has 0 aromatic carbocycles. The summed E-state index contributed by atoms with van der Waals surface area (Å²) < 4.78 is 3.97. The number of hydrogen-bond donors (Lipinski definition) is 0. The van der Waals surface area contributed by atoms with Gasteiger partial charge in [-0.3, -0.25) is 4.68 Å². The zero-order valence-electron chi connectivity index (χ0n) is 8.51. The van der Waals surface area contributed by atoms with Crippen LogP contribution in [-0.4, -0.2) is 19.3 Å². The Morgan fingerprint density at radius 2 is 2.29 bits per heavy atom. The predicted octanol–water partition coefficient (Wildman–Crippen LogP) is 1.23. The molecule has 0 radical (unpaired) electrons. The van der Waals surface area contributed by atoms with Gasteiger partial charge >= 0.3 is 0 Å². The first-order valence-electron chi connectivity index (χ1n) is 4.77. The van der Waals surface area contributed by atoms with Crippen LogP contribution in [-0.2, 0) is 20.0 Å². The van der Waals surface area contributed by atoms with E-state index in [0.29, 0.717) is 0 Å². The average molecular weight is 190 g/mol. The second kappa shape index (κ2) is 3.65. The molecule has 2 rings (SSSR count). The zero-order valence-corrected chi connectivity index (χ0v) is 8.51. The zero-order chi connectivity index (χ0) is 9.97. The largest absolute Gasteiger partial charge is 0.330 e. The number of aryl methyl sites for hydroxylation is 2. The Morgan fingerprint density at radius 3 is 2.93 bits per heavy atom. The Morgan fingerprint density at radius 1 is 1.43 bits per heavy atom. The van der Waals surface area contributed by atoms with E-state index in [1.54, 1.807) is 0 Å². The van der Waals surface area contributed by atoms with E-state index in [4.69, 9.17) is 0 Å². The van der Waals surface area contributed by atoms with E-state index >= 15 is 0 Å². The molecule has 4 heteroatoms. The van der Waals surface area contributed by atoms with Crippen LogP contribution in [0.2, 0.25) is 0 Å². The van der Waals surface area contributed by atoms with Crippen molar-refractivity contribution in [3.05, 3.63) is 36.2 Å². The van der Waals surface area contributed by atoms with Crippen LogP contribution in [0.25, 0.3) is 0 Å². The van der Waals surface area contributed by atoms with Crippen LogP contribution in [0.3, 0.4) is 0 Å². The van der Waals surface area contributed by atoms with Crippen molar-refractivity contribution in [1.29, 1.82) is 0 Å². The predicted molar refractivity (Wildman–Crippen MR) is 53.9 cm³/mol. The smallest absolute Gasteiger partial charge is 0.108 e. The molecule has 0 spiro atoms. The molecule has 4 nitrogen and oxygen atoms in total. The van der Waals surface area contributed by atoms with Crippen LogP contribution < -0.4 is 0 Å². The lowest BCUT2D eigenvalue weighted by Crippen LogP contribution is -2.02. The van der Waals surface area contributed by atoms with E-state index in [0.717, 1.165) is 18.8 Å². The highest BCUT2D eigenvalue weighted by atomic mass is 15.2. The van der Waals surface area contributed by atoms with Crippen molar-refractivity contribution in [1.82, 2.24) is 19.3 Å². The normalized spacial score (nSPS) is 10.7. The second-order valence-corrected chi connectivity index (χ2v) is 3.35. The highest BCUT2D eigenvalue weighted by Crippen LogP contribution is 2.04. The van der Waals surface area contributed by atoms with Crippen LogP contribution in [0, 0.1) is 0 Å². The molecule has 2 aromatic rings. The number of aromatic nitrogens is 4. The topological polar surface area (TPSA) is 35.6 Å². The standard InChI is InChI=1S/C10H14N4/c1-3-10-11-4-5-14(10)8-9-6-12-13(2)7-9/h4-7H,3,8H2,1-2H3. The first-order chi connectivity index (χ1) is 6.79. The molecule has 0 saturated carbocycles.